The zero-order valence-corrected chi connectivity index (χ0v) is 16.1. The summed E-state index contributed by atoms with van der Waals surface area (Å²) in [5.74, 6) is 1.16. The number of aliphatic imine (C=N–C) groups is 1. The largest absolute Gasteiger partial charge is 0.467 e. The number of amides is 2. The number of nitrogens with one attached hydrogen (secondary N) is 3. The molecule has 8 nitrogen and oxygen atoms in total. The normalized spacial score (nSPS) is 11.2. The zero-order valence-electron chi connectivity index (χ0n) is 15.4. The van der Waals surface area contributed by atoms with Crippen LogP contribution in [0.3, 0.4) is 0 Å². The number of benzene rings is 1. The van der Waals surface area contributed by atoms with E-state index in [0.29, 0.717) is 22.4 Å². The number of anilines is 2. The van der Waals surface area contributed by atoms with Crippen LogP contribution in [0.1, 0.15) is 17.1 Å². The Morgan fingerprint density at radius 3 is 2.57 bits per heavy atom. The van der Waals surface area contributed by atoms with Crippen LogP contribution >= 0.6 is 11.6 Å². The lowest BCUT2D eigenvalue weighted by Gasteiger charge is -2.12. The maximum absolute atomic E-state index is 12.4. The van der Waals surface area contributed by atoms with Gasteiger partial charge in [-0.3, -0.25) is 10.6 Å². The van der Waals surface area contributed by atoms with Gasteiger partial charge >= 0.3 is 6.03 Å². The SMILES string of the molecule is Cc1cc(C)nc(NC(=NCc2ccco2)NC(=O)Nc2cccc(Cl)c2)n1. The van der Waals surface area contributed by atoms with Crippen molar-refractivity contribution >= 4 is 35.2 Å². The smallest absolute Gasteiger partial charge is 0.326 e. The number of rotatable bonds is 4. The number of carbonyl (C=O) groups excluding carboxylic acids is 1. The molecule has 0 saturated heterocycles. The third-order valence-electron chi connectivity index (χ3n) is 3.50. The van der Waals surface area contributed by atoms with Gasteiger partial charge < -0.3 is 9.73 Å². The van der Waals surface area contributed by atoms with Crippen molar-refractivity contribution in [2.24, 2.45) is 4.99 Å². The van der Waals surface area contributed by atoms with Crippen LogP contribution in [0.5, 0.6) is 0 Å². The predicted molar refractivity (Wildman–Crippen MR) is 109 cm³/mol. The zero-order chi connectivity index (χ0) is 19.9. The maximum Gasteiger partial charge on any atom is 0.326 e. The first kappa shape index (κ1) is 19.4. The van der Waals surface area contributed by atoms with Crippen LogP contribution in [0.25, 0.3) is 0 Å². The topological polar surface area (TPSA) is 104 Å². The van der Waals surface area contributed by atoms with E-state index in [-0.39, 0.29) is 12.5 Å². The Kier molecular flexibility index (Phi) is 6.23. The first-order valence-corrected chi connectivity index (χ1v) is 8.85. The van der Waals surface area contributed by atoms with Crippen LogP contribution in [0.2, 0.25) is 5.02 Å². The van der Waals surface area contributed by atoms with Gasteiger partial charge in [-0.25, -0.2) is 19.8 Å². The van der Waals surface area contributed by atoms with Gasteiger partial charge in [-0.1, -0.05) is 17.7 Å². The van der Waals surface area contributed by atoms with Crippen LogP contribution in [0.15, 0.2) is 58.1 Å². The van der Waals surface area contributed by atoms with Gasteiger partial charge in [-0.2, -0.15) is 0 Å². The third-order valence-corrected chi connectivity index (χ3v) is 3.74. The van der Waals surface area contributed by atoms with E-state index in [2.05, 4.69) is 30.9 Å². The molecular weight excluding hydrogens is 380 g/mol. The molecular formula is C19H19ClN6O2. The van der Waals surface area contributed by atoms with E-state index in [9.17, 15) is 4.79 Å². The Labute approximate surface area is 167 Å². The highest BCUT2D eigenvalue weighted by molar-refractivity contribution is 6.30. The number of carbonyl (C=O) groups is 1. The number of hydrogen-bond donors (Lipinski definition) is 3. The number of aryl methyl sites for hydroxylation is 2. The molecule has 0 bridgehead atoms. The van der Waals surface area contributed by atoms with Crippen molar-refractivity contribution in [3.05, 3.63) is 70.9 Å². The van der Waals surface area contributed by atoms with Crippen LogP contribution in [-0.2, 0) is 6.54 Å². The van der Waals surface area contributed by atoms with Crippen molar-refractivity contribution < 1.29 is 9.21 Å². The number of urea groups is 1. The van der Waals surface area contributed by atoms with E-state index in [1.165, 1.54) is 0 Å². The van der Waals surface area contributed by atoms with Gasteiger partial charge in [0.1, 0.15) is 12.3 Å². The Morgan fingerprint density at radius 1 is 1.11 bits per heavy atom. The van der Waals surface area contributed by atoms with Crippen LogP contribution in [0.4, 0.5) is 16.4 Å². The van der Waals surface area contributed by atoms with Crippen molar-refractivity contribution in [1.82, 2.24) is 15.3 Å². The van der Waals surface area contributed by atoms with Gasteiger partial charge in [0, 0.05) is 22.1 Å². The quantitative estimate of drug-likeness (QED) is 0.452. The number of hydrogen-bond acceptors (Lipinski definition) is 5. The molecule has 0 aliphatic heterocycles. The lowest BCUT2D eigenvalue weighted by atomic mass is 10.3. The van der Waals surface area contributed by atoms with Crippen LogP contribution in [-0.4, -0.2) is 22.0 Å². The van der Waals surface area contributed by atoms with E-state index in [1.807, 2.05) is 19.9 Å². The summed E-state index contributed by atoms with van der Waals surface area (Å²) in [6.07, 6.45) is 1.56. The van der Waals surface area contributed by atoms with Crippen LogP contribution < -0.4 is 16.0 Å². The summed E-state index contributed by atoms with van der Waals surface area (Å²) in [4.78, 5) is 25.3. The summed E-state index contributed by atoms with van der Waals surface area (Å²) in [5, 5.41) is 8.81. The van der Waals surface area contributed by atoms with E-state index in [4.69, 9.17) is 16.0 Å². The monoisotopic (exact) mass is 398 g/mol. The number of halogens is 1. The molecule has 0 fully saturated rings. The fourth-order valence-electron chi connectivity index (χ4n) is 2.39. The van der Waals surface area contributed by atoms with Gasteiger partial charge in [0.2, 0.25) is 11.9 Å². The van der Waals surface area contributed by atoms with Crippen molar-refractivity contribution in [3.63, 3.8) is 0 Å². The Balaban J connectivity index is 1.75. The minimum atomic E-state index is -0.489. The molecule has 1 aromatic carbocycles. The fourth-order valence-corrected chi connectivity index (χ4v) is 2.58. The molecule has 0 aliphatic rings. The average molecular weight is 399 g/mol. The highest BCUT2D eigenvalue weighted by Gasteiger charge is 2.10. The van der Waals surface area contributed by atoms with E-state index < -0.39 is 6.03 Å². The standard InChI is InChI=1S/C19H19ClN6O2/c1-12-9-13(2)23-18(22-12)25-17(21-11-16-7-4-8-28-16)26-19(27)24-15-6-3-5-14(20)10-15/h3-10H,11H2,1-2H3,(H3,21,22,23,24,25,26,27). The Hall–Kier alpha value is -3.39. The second-order valence-corrected chi connectivity index (χ2v) is 6.37. The molecule has 28 heavy (non-hydrogen) atoms. The summed E-state index contributed by atoms with van der Waals surface area (Å²) in [7, 11) is 0. The highest BCUT2D eigenvalue weighted by Crippen LogP contribution is 2.14. The molecule has 144 valence electrons. The van der Waals surface area contributed by atoms with Gasteiger partial charge in [0.25, 0.3) is 0 Å². The molecule has 9 heteroatoms. The maximum atomic E-state index is 12.4. The molecule has 0 aliphatic carbocycles. The molecule has 0 atom stereocenters. The number of furan rings is 1. The van der Waals surface area contributed by atoms with Gasteiger partial charge in [-0.15, -0.1) is 0 Å². The van der Waals surface area contributed by atoms with Gasteiger partial charge in [0.05, 0.1) is 6.26 Å². The molecule has 0 saturated carbocycles. The minimum Gasteiger partial charge on any atom is -0.467 e. The fraction of sp³-hybridized carbons (Fsp3) is 0.158. The summed E-state index contributed by atoms with van der Waals surface area (Å²) < 4.78 is 5.28. The molecule has 2 aromatic heterocycles. The number of guanidine groups is 1. The number of nitrogens with zero attached hydrogens (tertiary/aromatic N) is 3. The van der Waals surface area contributed by atoms with Crippen molar-refractivity contribution in [1.29, 1.82) is 0 Å². The minimum absolute atomic E-state index is 0.181. The second-order valence-electron chi connectivity index (χ2n) is 5.93. The first-order chi connectivity index (χ1) is 13.5. The summed E-state index contributed by atoms with van der Waals surface area (Å²) >= 11 is 5.94. The molecule has 3 rings (SSSR count). The van der Waals surface area contributed by atoms with Crippen molar-refractivity contribution in [2.45, 2.75) is 20.4 Å². The molecule has 0 spiro atoms. The Bertz CT molecular complexity index is 968. The molecule has 0 radical (unpaired) electrons. The number of aromatic nitrogens is 2. The summed E-state index contributed by atoms with van der Waals surface area (Å²) in [6, 6.07) is 11.8. The predicted octanol–water partition coefficient (Wildman–Crippen LogP) is 4.13. The lowest BCUT2D eigenvalue weighted by molar-refractivity contribution is 0.256. The summed E-state index contributed by atoms with van der Waals surface area (Å²) in [5.41, 5.74) is 2.14. The van der Waals surface area contributed by atoms with Crippen LogP contribution in [0, 0.1) is 13.8 Å². The average Bonchev–Trinajstić information content (AvgIpc) is 3.12. The van der Waals surface area contributed by atoms with Crippen molar-refractivity contribution in [3.8, 4) is 0 Å². The van der Waals surface area contributed by atoms with E-state index >= 15 is 0 Å². The Morgan fingerprint density at radius 2 is 1.89 bits per heavy atom. The van der Waals surface area contributed by atoms with Gasteiger partial charge in [0.15, 0.2) is 0 Å². The molecule has 2 heterocycles. The third kappa shape index (κ3) is 5.82. The van der Waals surface area contributed by atoms with Gasteiger partial charge in [-0.05, 0) is 50.2 Å². The van der Waals surface area contributed by atoms with Crippen molar-refractivity contribution in [2.75, 3.05) is 10.6 Å². The molecule has 3 aromatic rings. The highest BCUT2D eigenvalue weighted by atomic mass is 35.5. The molecule has 2 amide bonds. The molecule has 3 N–H and O–H groups in total. The lowest BCUT2D eigenvalue weighted by Crippen LogP contribution is -2.39. The molecule has 0 unspecified atom stereocenters. The first-order valence-electron chi connectivity index (χ1n) is 8.47. The van der Waals surface area contributed by atoms with E-state index in [1.54, 1.807) is 42.7 Å². The summed E-state index contributed by atoms with van der Waals surface area (Å²) in [6.45, 7) is 3.95. The second kappa shape index (κ2) is 9.01. The van der Waals surface area contributed by atoms with E-state index in [0.717, 1.165) is 11.4 Å².